The third-order valence-corrected chi connectivity index (χ3v) is 2.40. The Kier molecular flexibility index (Phi) is 4.35. The van der Waals surface area contributed by atoms with Gasteiger partial charge in [-0.1, -0.05) is 6.92 Å². The zero-order valence-corrected chi connectivity index (χ0v) is 10.3. The lowest BCUT2D eigenvalue weighted by Crippen LogP contribution is -2.02. The Morgan fingerprint density at radius 3 is 2.44 bits per heavy atom. The van der Waals surface area contributed by atoms with Gasteiger partial charge in [0.1, 0.15) is 11.5 Å². The van der Waals surface area contributed by atoms with Gasteiger partial charge >= 0.3 is 0 Å². The van der Waals surface area contributed by atoms with Crippen LogP contribution in [0, 0.1) is 6.92 Å². The van der Waals surface area contributed by atoms with Gasteiger partial charge in [0.25, 0.3) is 0 Å². The summed E-state index contributed by atoms with van der Waals surface area (Å²) in [5, 5.41) is 0. The average molecular weight is 222 g/mol. The molecule has 1 rings (SSSR count). The van der Waals surface area contributed by atoms with E-state index in [2.05, 4.69) is 0 Å². The minimum Gasteiger partial charge on any atom is -0.496 e. The smallest absolute Gasteiger partial charge is 0.160 e. The maximum absolute atomic E-state index is 11.3. The average Bonchev–Trinajstić information content (AvgIpc) is 2.27. The van der Waals surface area contributed by atoms with Crippen LogP contribution in [0.1, 0.15) is 36.2 Å². The second-order valence-corrected chi connectivity index (χ2v) is 3.71. The Bertz CT molecular complexity index is 383. The summed E-state index contributed by atoms with van der Waals surface area (Å²) in [6, 6.07) is 3.52. The normalized spacial score (nSPS) is 10.0. The summed E-state index contributed by atoms with van der Waals surface area (Å²) in [6.07, 6.45) is 0.937. The van der Waals surface area contributed by atoms with E-state index in [-0.39, 0.29) is 5.78 Å². The van der Waals surface area contributed by atoms with Gasteiger partial charge in [-0.05, 0) is 32.4 Å². The highest BCUT2D eigenvalue weighted by atomic mass is 16.5. The van der Waals surface area contributed by atoms with Crippen LogP contribution in [0.4, 0.5) is 0 Å². The molecule has 1 aromatic rings. The molecule has 0 saturated heterocycles. The zero-order valence-electron chi connectivity index (χ0n) is 10.3. The molecule has 0 radical (unpaired) electrons. The zero-order chi connectivity index (χ0) is 12.1. The lowest BCUT2D eigenvalue weighted by atomic mass is 10.1. The molecule has 0 aliphatic carbocycles. The van der Waals surface area contributed by atoms with Gasteiger partial charge in [-0.25, -0.2) is 0 Å². The topological polar surface area (TPSA) is 35.5 Å². The van der Waals surface area contributed by atoms with Gasteiger partial charge in [0.05, 0.1) is 13.7 Å². The standard InChI is InChI=1S/C13H18O3/c1-5-6-16-13-8-11(10(3)14)7-12(15-4)9(13)2/h7-8H,5-6H2,1-4H3. The molecule has 88 valence electrons. The van der Waals surface area contributed by atoms with Gasteiger partial charge in [-0.15, -0.1) is 0 Å². The fraction of sp³-hybridized carbons (Fsp3) is 0.462. The first-order valence-corrected chi connectivity index (χ1v) is 5.42. The van der Waals surface area contributed by atoms with Crippen LogP contribution >= 0.6 is 0 Å². The van der Waals surface area contributed by atoms with Crippen LogP contribution in [0.25, 0.3) is 0 Å². The Balaban J connectivity index is 3.13. The van der Waals surface area contributed by atoms with Gasteiger partial charge in [0, 0.05) is 11.1 Å². The van der Waals surface area contributed by atoms with E-state index in [9.17, 15) is 4.79 Å². The Morgan fingerprint density at radius 2 is 1.94 bits per heavy atom. The fourth-order valence-electron chi connectivity index (χ4n) is 1.44. The van der Waals surface area contributed by atoms with Crippen molar-refractivity contribution in [1.29, 1.82) is 0 Å². The number of methoxy groups -OCH3 is 1. The van der Waals surface area contributed by atoms with Crippen molar-refractivity contribution in [2.45, 2.75) is 27.2 Å². The third-order valence-electron chi connectivity index (χ3n) is 2.40. The number of hydrogen-bond donors (Lipinski definition) is 0. The molecule has 3 heteroatoms. The molecule has 16 heavy (non-hydrogen) atoms. The summed E-state index contributed by atoms with van der Waals surface area (Å²) in [7, 11) is 1.59. The fourth-order valence-corrected chi connectivity index (χ4v) is 1.44. The molecule has 0 atom stereocenters. The van der Waals surface area contributed by atoms with Crippen LogP contribution in [0.15, 0.2) is 12.1 Å². The maximum Gasteiger partial charge on any atom is 0.160 e. The van der Waals surface area contributed by atoms with Crippen LogP contribution in [0.3, 0.4) is 0 Å². The molecular formula is C13H18O3. The van der Waals surface area contributed by atoms with E-state index in [1.54, 1.807) is 19.2 Å². The second-order valence-electron chi connectivity index (χ2n) is 3.71. The summed E-state index contributed by atoms with van der Waals surface area (Å²) < 4.78 is 10.8. The molecular weight excluding hydrogens is 204 g/mol. The number of carbonyl (C=O) groups excluding carboxylic acids is 1. The Morgan fingerprint density at radius 1 is 1.31 bits per heavy atom. The number of Topliss-reactive ketones (excluding diaryl/α,β-unsaturated/α-hetero) is 1. The number of rotatable bonds is 5. The number of hydrogen-bond acceptors (Lipinski definition) is 3. The number of ketones is 1. The molecule has 3 nitrogen and oxygen atoms in total. The van der Waals surface area contributed by atoms with E-state index in [0.717, 1.165) is 17.7 Å². The van der Waals surface area contributed by atoms with Gasteiger partial charge in [-0.2, -0.15) is 0 Å². The number of benzene rings is 1. The molecule has 0 unspecified atom stereocenters. The Hall–Kier alpha value is -1.51. The number of carbonyl (C=O) groups is 1. The molecule has 0 aliphatic heterocycles. The molecule has 0 spiro atoms. The van der Waals surface area contributed by atoms with Crippen molar-refractivity contribution in [2.75, 3.05) is 13.7 Å². The molecule has 1 aromatic carbocycles. The van der Waals surface area contributed by atoms with Crippen molar-refractivity contribution in [3.05, 3.63) is 23.3 Å². The van der Waals surface area contributed by atoms with Crippen LogP contribution in [-0.2, 0) is 0 Å². The van der Waals surface area contributed by atoms with E-state index in [4.69, 9.17) is 9.47 Å². The highest BCUT2D eigenvalue weighted by Gasteiger charge is 2.11. The van der Waals surface area contributed by atoms with E-state index >= 15 is 0 Å². The molecule has 0 heterocycles. The van der Waals surface area contributed by atoms with Crippen molar-refractivity contribution >= 4 is 5.78 Å². The van der Waals surface area contributed by atoms with Crippen LogP contribution in [0.5, 0.6) is 11.5 Å². The highest BCUT2D eigenvalue weighted by molar-refractivity contribution is 5.95. The van der Waals surface area contributed by atoms with E-state index in [1.165, 1.54) is 6.92 Å². The molecule has 0 fully saturated rings. The maximum atomic E-state index is 11.3. The van der Waals surface area contributed by atoms with E-state index in [1.807, 2.05) is 13.8 Å². The van der Waals surface area contributed by atoms with E-state index in [0.29, 0.717) is 17.9 Å². The van der Waals surface area contributed by atoms with Gasteiger partial charge in [0.15, 0.2) is 5.78 Å². The lowest BCUT2D eigenvalue weighted by molar-refractivity contribution is 0.101. The highest BCUT2D eigenvalue weighted by Crippen LogP contribution is 2.29. The predicted molar refractivity (Wildman–Crippen MR) is 63.5 cm³/mol. The summed E-state index contributed by atoms with van der Waals surface area (Å²) in [6.45, 7) is 6.15. The molecule has 0 aliphatic rings. The molecule has 0 saturated carbocycles. The van der Waals surface area contributed by atoms with Crippen LogP contribution < -0.4 is 9.47 Å². The van der Waals surface area contributed by atoms with Crippen molar-refractivity contribution < 1.29 is 14.3 Å². The minimum absolute atomic E-state index is 0.0136. The van der Waals surface area contributed by atoms with Crippen LogP contribution in [-0.4, -0.2) is 19.5 Å². The van der Waals surface area contributed by atoms with Crippen LogP contribution in [0.2, 0.25) is 0 Å². The van der Waals surface area contributed by atoms with E-state index < -0.39 is 0 Å². The molecule has 0 amide bonds. The van der Waals surface area contributed by atoms with Crippen molar-refractivity contribution in [2.24, 2.45) is 0 Å². The van der Waals surface area contributed by atoms with Gasteiger partial charge in [-0.3, -0.25) is 4.79 Å². The third kappa shape index (κ3) is 2.75. The number of ether oxygens (including phenoxy) is 2. The van der Waals surface area contributed by atoms with Crippen molar-refractivity contribution in [1.82, 2.24) is 0 Å². The van der Waals surface area contributed by atoms with Gasteiger partial charge < -0.3 is 9.47 Å². The van der Waals surface area contributed by atoms with Gasteiger partial charge in [0.2, 0.25) is 0 Å². The first-order chi connectivity index (χ1) is 7.60. The minimum atomic E-state index is 0.0136. The SMILES string of the molecule is CCCOc1cc(C(C)=O)cc(OC)c1C. The molecule has 0 bridgehead atoms. The second kappa shape index (κ2) is 5.54. The summed E-state index contributed by atoms with van der Waals surface area (Å²) in [5.41, 5.74) is 1.55. The summed E-state index contributed by atoms with van der Waals surface area (Å²) in [5.74, 6) is 1.44. The molecule has 0 N–H and O–H groups in total. The predicted octanol–water partition coefficient (Wildman–Crippen LogP) is 3.00. The molecule has 0 aromatic heterocycles. The Labute approximate surface area is 96.4 Å². The first kappa shape index (κ1) is 12.6. The summed E-state index contributed by atoms with van der Waals surface area (Å²) >= 11 is 0. The quantitative estimate of drug-likeness (QED) is 0.718. The largest absolute Gasteiger partial charge is 0.496 e. The van der Waals surface area contributed by atoms with Crippen molar-refractivity contribution in [3.8, 4) is 11.5 Å². The van der Waals surface area contributed by atoms with Crippen molar-refractivity contribution in [3.63, 3.8) is 0 Å². The first-order valence-electron chi connectivity index (χ1n) is 5.42. The summed E-state index contributed by atoms with van der Waals surface area (Å²) in [4.78, 5) is 11.3. The lowest BCUT2D eigenvalue weighted by Gasteiger charge is -2.13. The monoisotopic (exact) mass is 222 g/mol.